The molecule has 8 nitrogen and oxygen atoms in total. The van der Waals surface area contributed by atoms with Gasteiger partial charge >= 0.3 is 0 Å². The molecule has 2 aliphatic heterocycles. The summed E-state index contributed by atoms with van der Waals surface area (Å²) in [5, 5.41) is 18.6. The molecule has 152 valence electrons. The number of rotatable bonds is 6. The molecule has 2 aliphatic rings. The number of hydrogen-bond acceptors (Lipinski definition) is 6. The van der Waals surface area contributed by atoms with E-state index in [1.54, 1.807) is 0 Å². The smallest absolute Gasteiger partial charge is 0.236 e. The van der Waals surface area contributed by atoms with Gasteiger partial charge in [0, 0.05) is 39.1 Å². The average Bonchev–Trinajstić information content (AvgIpc) is 3.04. The summed E-state index contributed by atoms with van der Waals surface area (Å²) in [6, 6.07) is 0. The van der Waals surface area contributed by atoms with E-state index in [2.05, 4.69) is 33.6 Å². The number of carbonyl (C=O) groups is 1. The van der Waals surface area contributed by atoms with Crippen LogP contribution in [0.15, 0.2) is 0 Å². The van der Waals surface area contributed by atoms with Crippen LogP contribution in [0.4, 0.5) is 0 Å². The van der Waals surface area contributed by atoms with Crippen molar-refractivity contribution in [1.29, 1.82) is 0 Å². The van der Waals surface area contributed by atoms with E-state index in [1.165, 1.54) is 0 Å². The van der Waals surface area contributed by atoms with Crippen LogP contribution in [0.1, 0.15) is 50.2 Å². The molecule has 1 amide bonds. The van der Waals surface area contributed by atoms with Gasteiger partial charge in [0.15, 0.2) is 0 Å². The highest BCUT2D eigenvalue weighted by molar-refractivity contribution is 5.78. The molecule has 3 rings (SSSR count). The summed E-state index contributed by atoms with van der Waals surface area (Å²) in [6.45, 7) is 7.67. The molecule has 0 atom stereocenters. The third-order valence-electron chi connectivity index (χ3n) is 6.08. The number of amides is 1. The van der Waals surface area contributed by atoms with Gasteiger partial charge in [-0.15, -0.1) is 10.2 Å². The Labute approximate surface area is 162 Å². The maximum absolute atomic E-state index is 12.4. The van der Waals surface area contributed by atoms with Gasteiger partial charge in [0.25, 0.3) is 0 Å². The van der Waals surface area contributed by atoms with E-state index in [0.29, 0.717) is 12.5 Å². The first-order valence-electron chi connectivity index (χ1n) is 10.2. The first kappa shape index (κ1) is 20.2. The van der Waals surface area contributed by atoms with Crippen LogP contribution in [-0.4, -0.2) is 92.9 Å². The normalized spacial score (nSPS) is 20.6. The second-order valence-corrected chi connectivity index (χ2v) is 8.03. The van der Waals surface area contributed by atoms with Gasteiger partial charge in [-0.2, -0.15) is 0 Å². The van der Waals surface area contributed by atoms with E-state index in [-0.39, 0.29) is 12.0 Å². The Morgan fingerprint density at radius 2 is 1.81 bits per heavy atom. The van der Waals surface area contributed by atoms with Gasteiger partial charge in [-0.05, 0) is 39.3 Å². The molecule has 0 saturated carbocycles. The molecular weight excluding hydrogens is 344 g/mol. The fraction of sp³-hybridized carbons (Fsp3) is 0.842. The van der Waals surface area contributed by atoms with Gasteiger partial charge in [0.2, 0.25) is 5.91 Å². The first-order valence-corrected chi connectivity index (χ1v) is 10.2. The zero-order valence-electron chi connectivity index (χ0n) is 17.0. The highest BCUT2D eigenvalue weighted by Gasteiger charge is 2.28. The fourth-order valence-electron chi connectivity index (χ4n) is 3.98. The van der Waals surface area contributed by atoms with Crippen LogP contribution in [0.3, 0.4) is 0 Å². The summed E-state index contributed by atoms with van der Waals surface area (Å²) in [6.07, 6.45) is 3.42. The van der Waals surface area contributed by atoms with Crippen molar-refractivity contribution in [2.45, 2.75) is 51.2 Å². The molecule has 8 heteroatoms. The summed E-state index contributed by atoms with van der Waals surface area (Å²) in [5.74, 6) is 2.63. The molecule has 27 heavy (non-hydrogen) atoms. The van der Waals surface area contributed by atoms with Gasteiger partial charge in [0.1, 0.15) is 11.6 Å². The minimum absolute atomic E-state index is 0.152. The zero-order valence-corrected chi connectivity index (χ0v) is 17.0. The Morgan fingerprint density at radius 3 is 2.44 bits per heavy atom. The van der Waals surface area contributed by atoms with E-state index in [9.17, 15) is 9.90 Å². The summed E-state index contributed by atoms with van der Waals surface area (Å²) >= 11 is 0. The molecule has 3 heterocycles. The second-order valence-electron chi connectivity index (χ2n) is 8.03. The fourth-order valence-corrected chi connectivity index (χ4v) is 3.98. The van der Waals surface area contributed by atoms with Gasteiger partial charge in [-0.3, -0.25) is 14.6 Å². The van der Waals surface area contributed by atoms with Gasteiger partial charge in [-0.1, -0.05) is 6.92 Å². The van der Waals surface area contributed by atoms with E-state index in [0.717, 1.165) is 76.6 Å². The topological polar surface area (TPSA) is 77.7 Å². The molecule has 1 aromatic rings. The van der Waals surface area contributed by atoms with E-state index >= 15 is 0 Å². The Morgan fingerprint density at radius 1 is 1.15 bits per heavy atom. The maximum Gasteiger partial charge on any atom is 0.236 e. The Hall–Kier alpha value is -1.51. The van der Waals surface area contributed by atoms with Gasteiger partial charge < -0.3 is 14.6 Å². The molecule has 1 aromatic heterocycles. The van der Waals surface area contributed by atoms with Crippen molar-refractivity contribution in [2.75, 3.05) is 46.3 Å². The molecule has 0 aliphatic carbocycles. The highest BCUT2D eigenvalue weighted by Crippen LogP contribution is 2.27. The molecule has 2 fully saturated rings. The number of nitrogens with zero attached hydrogens (tertiary/aromatic N) is 6. The first-order chi connectivity index (χ1) is 13.0. The number of aromatic nitrogens is 3. The van der Waals surface area contributed by atoms with E-state index < -0.39 is 0 Å². The minimum atomic E-state index is -0.152. The van der Waals surface area contributed by atoms with Crippen molar-refractivity contribution in [3.63, 3.8) is 0 Å². The summed E-state index contributed by atoms with van der Waals surface area (Å²) in [7, 11) is 4.03. The molecule has 0 spiro atoms. The molecule has 1 N–H and O–H groups in total. The summed E-state index contributed by atoms with van der Waals surface area (Å²) < 4.78 is 2.14. The highest BCUT2D eigenvalue weighted by atomic mass is 16.3. The second kappa shape index (κ2) is 9.12. The van der Waals surface area contributed by atoms with Crippen molar-refractivity contribution in [2.24, 2.45) is 7.05 Å². The number of aliphatic hydroxyl groups is 1. The van der Waals surface area contributed by atoms with E-state index in [1.807, 2.05) is 16.8 Å². The van der Waals surface area contributed by atoms with Crippen LogP contribution in [0, 0.1) is 0 Å². The average molecular weight is 379 g/mol. The predicted octanol–water partition coefficient (Wildman–Crippen LogP) is 0.430. The standard InChI is InChI=1S/C19H34N6O2/c1-4-22(2)14-18(27)25-11-5-15(6-12-25)19-21-20-17(23(19)3)13-24-9-7-16(26)8-10-24/h15-16,26H,4-14H2,1-3H3. The molecule has 2 saturated heterocycles. The molecule has 0 radical (unpaired) electrons. The number of carbonyl (C=O) groups excluding carboxylic acids is 1. The van der Waals surface area contributed by atoms with Gasteiger partial charge in [-0.25, -0.2) is 0 Å². The number of likely N-dealkylation sites (tertiary alicyclic amines) is 2. The van der Waals surface area contributed by atoms with Crippen LogP contribution < -0.4 is 0 Å². The SMILES string of the molecule is CCN(C)CC(=O)N1CCC(c2nnc(CN3CCC(O)CC3)n2C)CC1. The Bertz CT molecular complexity index is 618. The van der Waals surface area contributed by atoms with Crippen LogP contribution in [-0.2, 0) is 18.4 Å². The largest absolute Gasteiger partial charge is 0.393 e. The van der Waals surface area contributed by atoms with Crippen LogP contribution in [0.25, 0.3) is 0 Å². The zero-order chi connectivity index (χ0) is 19.4. The molecule has 0 bridgehead atoms. The van der Waals surface area contributed by atoms with E-state index in [4.69, 9.17) is 0 Å². The number of piperidine rings is 2. The minimum Gasteiger partial charge on any atom is -0.393 e. The number of likely N-dealkylation sites (N-methyl/N-ethyl adjacent to an activating group) is 1. The Kier molecular flexibility index (Phi) is 6.83. The summed E-state index contributed by atoms with van der Waals surface area (Å²) in [4.78, 5) is 18.7. The van der Waals surface area contributed by atoms with Crippen LogP contribution in [0.5, 0.6) is 0 Å². The van der Waals surface area contributed by atoms with Crippen molar-refractivity contribution in [3.05, 3.63) is 11.6 Å². The number of hydrogen-bond donors (Lipinski definition) is 1. The lowest BCUT2D eigenvalue weighted by atomic mass is 9.96. The van der Waals surface area contributed by atoms with Crippen molar-refractivity contribution in [1.82, 2.24) is 29.5 Å². The monoisotopic (exact) mass is 378 g/mol. The lowest BCUT2D eigenvalue weighted by molar-refractivity contribution is -0.133. The van der Waals surface area contributed by atoms with Crippen molar-refractivity contribution >= 4 is 5.91 Å². The van der Waals surface area contributed by atoms with Crippen molar-refractivity contribution in [3.8, 4) is 0 Å². The predicted molar refractivity (Wildman–Crippen MR) is 103 cm³/mol. The molecule has 0 aromatic carbocycles. The quantitative estimate of drug-likeness (QED) is 0.774. The van der Waals surface area contributed by atoms with Crippen molar-refractivity contribution < 1.29 is 9.90 Å². The Balaban J connectivity index is 1.53. The number of aliphatic hydroxyl groups excluding tert-OH is 1. The molecule has 0 unspecified atom stereocenters. The maximum atomic E-state index is 12.4. The van der Waals surface area contributed by atoms with Crippen LogP contribution in [0.2, 0.25) is 0 Å². The van der Waals surface area contributed by atoms with Gasteiger partial charge in [0.05, 0.1) is 19.2 Å². The lowest BCUT2D eigenvalue weighted by Gasteiger charge is -2.32. The lowest BCUT2D eigenvalue weighted by Crippen LogP contribution is -2.43. The third-order valence-corrected chi connectivity index (χ3v) is 6.08. The third kappa shape index (κ3) is 5.06. The summed E-state index contributed by atoms with van der Waals surface area (Å²) in [5.41, 5.74) is 0. The molecular formula is C19H34N6O2. The van der Waals surface area contributed by atoms with Crippen LogP contribution >= 0.6 is 0 Å².